The third-order valence-corrected chi connectivity index (χ3v) is 4.49. The van der Waals surface area contributed by atoms with E-state index in [0.717, 1.165) is 19.0 Å². The standard InChI is InChI=1S/C11H14ClN3O3S/c12-10-4-3-9(7-13-10)19(17,18)14-8-11(16)15-5-1-2-6-15/h3-4,7,14H,1-2,5-6,8H2. The Bertz CT molecular complexity index is 553. The van der Waals surface area contributed by atoms with E-state index in [2.05, 4.69) is 9.71 Å². The quantitative estimate of drug-likeness (QED) is 0.828. The second-order valence-electron chi connectivity index (χ2n) is 4.23. The molecule has 19 heavy (non-hydrogen) atoms. The number of amides is 1. The lowest BCUT2D eigenvalue weighted by atomic mass is 10.4. The number of likely N-dealkylation sites (tertiary alicyclic amines) is 1. The molecule has 8 heteroatoms. The van der Waals surface area contributed by atoms with Gasteiger partial charge in [0.2, 0.25) is 15.9 Å². The maximum absolute atomic E-state index is 11.9. The van der Waals surface area contributed by atoms with Gasteiger partial charge in [-0.15, -0.1) is 0 Å². The summed E-state index contributed by atoms with van der Waals surface area (Å²) in [5.41, 5.74) is 0. The number of nitrogens with zero attached hydrogens (tertiary/aromatic N) is 2. The van der Waals surface area contributed by atoms with Gasteiger partial charge in [0.1, 0.15) is 10.0 Å². The van der Waals surface area contributed by atoms with Gasteiger partial charge in [-0.3, -0.25) is 4.79 Å². The molecule has 1 aliphatic heterocycles. The van der Waals surface area contributed by atoms with Gasteiger partial charge in [0.15, 0.2) is 0 Å². The van der Waals surface area contributed by atoms with E-state index in [4.69, 9.17) is 11.6 Å². The molecule has 0 atom stereocenters. The summed E-state index contributed by atoms with van der Waals surface area (Å²) in [6.45, 7) is 1.16. The molecule has 1 N–H and O–H groups in total. The van der Waals surface area contributed by atoms with Crippen LogP contribution in [0.4, 0.5) is 0 Å². The summed E-state index contributed by atoms with van der Waals surface area (Å²) in [4.78, 5) is 17.1. The first-order chi connectivity index (χ1) is 8.99. The summed E-state index contributed by atoms with van der Waals surface area (Å²) in [7, 11) is -3.72. The van der Waals surface area contributed by atoms with Crippen LogP contribution in [0.3, 0.4) is 0 Å². The third-order valence-electron chi connectivity index (χ3n) is 2.88. The van der Waals surface area contributed by atoms with Crippen molar-refractivity contribution in [3.8, 4) is 0 Å². The molecule has 104 valence electrons. The molecule has 0 aromatic carbocycles. The van der Waals surface area contributed by atoms with Crippen molar-refractivity contribution in [3.63, 3.8) is 0 Å². The van der Waals surface area contributed by atoms with Gasteiger partial charge in [-0.2, -0.15) is 0 Å². The Morgan fingerprint density at radius 3 is 2.63 bits per heavy atom. The number of hydrogen-bond acceptors (Lipinski definition) is 4. The summed E-state index contributed by atoms with van der Waals surface area (Å²) < 4.78 is 26.1. The number of carbonyl (C=O) groups is 1. The van der Waals surface area contributed by atoms with Crippen molar-refractivity contribution in [1.82, 2.24) is 14.6 Å². The molecule has 1 amide bonds. The summed E-state index contributed by atoms with van der Waals surface area (Å²) in [5, 5.41) is 0.215. The predicted molar refractivity (Wildman–Crippen MR) is 70.2 cm³/mol. The maximum atomic E-state index is 11.9. The number of pyridine rings is 1. The summed E-state index contributed by atoms with van der Waals surface area (Å²) in [6, 6.07) is 2.73. The predicted octanol–water partition coefficient (Wildman–Crippen LogP) is 0.636. The molecule has 0 bridgehead atoms. The van der Waals surface area contributed by atoms with Gasteiger partial charge in [0, 0.05) is 19.3 Å². The first kappa shape index (κ1) is 14.2. The lowest BCUT2D eigenvalue weighted by Crippen LogP contribution is -2.38. The molecule has 1 fully saturated rings. The molecule has 0 unspecified atom stereocenters. The Kier molecular flexibility index (Phi) is 4.38. The molecule has 0 radical (unpaired) electrons. The minimum Gasteiger partial charge on any atom is -0.342 e. The first-order valence-corrected chi connectivity index (χ1v) is 7.74. The zero-order valence-electron chi connectivity index (χ0n) is 10.2. The van der Waals surface area contributed by atoms with Crippen molar-refractivity contribution >= 4 is 27.5 Å². The molecule has 0 spiro atoms. The average molecular weight is 304 g/mol. The third kappa shape index (κ3) is 3.65. The molecule has 0 aliphatic carbocycles. The van der Waals surface area contributed by atoms with Crippen LogP contribution in [0.1, 0.15) is 12.8 Å². The maximum Gasteiger partial charge on any atom is 0.242 e. The Labute approximate surface area is 116 Å². The number of hydrogen-bond donors (Lipinski definition) is 1. The molecule has 1 saturated heterocycles. The normalized spacial score (nSPS) is 15.7. The van der Waals surface area contributed by atoms with E-state index in [1.54, 1.807) is 4.90 Å². The van der Waals surface area contributed by atoms with Gasteiger partial charge in [-0.25, -0.2) is 18.1 Å². The van der Waals surface area contributed by atoms with Crippen molar-refractivity contribution < 1.29 is 13.2 Å². The van der Waals surface area contributed by atoms with Gasteiger partial charge in [-0.05, 0) is 25.0 Å². The molecule has 2 rings (SSSR count). The number of nitrogens with one attached hydrogen (secondary N) is 1. The van der Waals surface area contributed by atoms with Crippen molar-refractivity contribution in [2.75, 3.05) is 19.6 Å². The van der Waals surface area contributed by atoms with Crippen molar-refractivity contribution in [3.05, 3.63) is 23.5 Å². The minimum atomic E-state index is -3.72. The fraction of sp³-hybridized carbons (Fsp3) is 0.455. The van der Waals surface area contributed by atoms with Crippen LogP contribution in [0, 0.1) is 0 Å². The SMILES string of the molecule is O=C(CNS(=O)(=O)c1ccc(Cl)nc1)N1CCCC1. The molecule has 0 saturated carbocycles. The zero-order valence-corrected chi connectivity index (χ0v) is 11.7. The van der Waals surface area contributed by atoms with E-state index in [9.17, 15) is 13.2 Å². The second-order valence-corrected chi connectivity index (χ2v) is 6.38. The zero-order chi connectivity index (χ0) is 13.9. The van der Waals surface area contributed by atoms with Gasteiger partial charge in [0.25, 0.3) is 0 Å². The van der Waals surface area contributed by atoms with Crippen LogP contribution in [0.15, 0.2) is 23.2 Å². The smallest absolute Gasteiger partial charge is 0.242 e. The highest BCUT2D eigenvalue weighted by Gasteiger charge is 2.21. The Morgan fingerprint density at radius 2 is 2.05 bits per heavy atom. The number of sulfonamides is 1. The van der Waals surface area contributed by atoms with Crippen LogP contribution in [-0.4, -0.2) is 43.8 Å². The monoisotopic (exact) mass is 303 g/mol. The molecular weight excluding hydrogens is 290 g/mol. The Hall–Kier alpha value is -1.18. The topological polar surface area (TPSA) is 79.4 Å². The molecule has 1 aliphatic rings. The number of aromatic nitrogens is 1. The highest BCUT2D eigenvalue weighted by molar-refractivity contribution is 7.89. The minimum absolute atomic E-state index is 0.00822. The highest BCUT2D eigenvalue weighted by Crippen LogP contribution is 2.11. The lowest BCUT2D eigenvalue weighted by Gasteiger charge is -2.15. The van der Waals surface area contributed by atoms with Gasteiger partial charge >= 0.3 is 0 Å². The van der Waals surface area contributed by atoms with Crippen LogP contribution in [0.2, 0.25) is 5.15 Å². The molecule has 6 nitrogen and oxygen atoms in total. The summed E-state index contributed by atoms with van der Waals surface area (Å²) in [5.74, 6) is -0.206. The summed E-state index contributed by atoms with van der Waals surface area (Å²) >= 11 is 5.59. The Morgan fingerprint density at radius 1 is 1.37 bits per heavy atom. The Balaban J connectivity index is 1.97. The molecule has 2 heterocycles. The van der Waals surface area contributed by atoms with E-state index in [1.165, 1.54) is 12.1 Å². The number of halogens is 1. The van der Waals surface area contributed by atoms with Crippen molar-refractivity contribution in [2.45, 2.75) is 17.7 Å². The molecule has 1 aromatic rings. The fourth-order valence-electron chi connectivity index (χ4n) is 1.84. The summed E-state index contributed by atoms with van der Waals surface area (Å²) in [6.07, 6.45) is 3.10. The van der Waals surface area contributed by atoms with E-state index in [0.29, 0.717) is 13.1 Å². The average Bonchev–Trinajstić information content (AvgIpc) is 2.90. The number of rotatable bonds is 4. The van der Waals surface area contributed by atoms with Gasteiger partial charge < -0.3 is 4.90 Å². The van der Waals surface area contributed by atoms with E-state index in [-0.39, 0.29) is 22.5 Å². The lowest BCUT2D eigenvalue weighted by molar-refractivity contribution is -0.128. The van der Waals surface area contributed by atoms with E-state index >= 15 is 0 Å². The molecular formula is C11H14ClN3O3S. The van der Waals surface area contributed by atoms with Gasteiger partial charge in [-0.1, -0.05) is 11.6 Å². The van der Waals surface area contributed by atoms with Gasteiger partial charge in [0.05, 0.1) is 6.54 Å². The van der Waals surface area contributed by atoms with Crippen molar-refractivity contribution in [1.29, 1.82) is 0 Å². The van der Waals surface area contributed by atoms with Crippen LogP contribution >= 0.6 is 11.6 Å². The van der Waals surface area contributed by atoms with Crippen LogP contribution in [0.25, 0.3) is 0 Å². The second kappa shape index (κ2) is 5.85. The fourth-order valence-corrected chi connectivity index (χ4v) is 2.87. The highest BCUT2D eigenvalue weighted by atomic mass is 35.5. The molecule has 1 aromatic heterocycles. The first-order valence-electron chi connectivity index (χ1n) is 5.88. The van der Waals surface area contributed by atoms with Crippen LogP contribution < -0.4 is 4.72 Å². The van der Waals surface area contributed by atoms with Crippen molar-refractivity contribution in [2.24, 2.45) is 0 Å². The number of carbonyl (C=O) groups excluding carboxylic acids is 1. The van der Waals surface area contributed by atoms with Crippen LogP contribution in [0.5, 0.6) is 0 Å². The van der Waals surface area contributed by atoms with Crippen LogP contribution in [-0.2, 0) is 14.8 Å². The van der Waals surface area contributed by atoms with E-state index < -0.39 is 10.0 Å². The largest absolute Gasteiger partial charge is 0.342 e. The van der Waals surface area contributed by atoms with E-state index in [1.807, 2.05) is 0 Å².